The Labute approximate surface area is 177 Å². The third-order valence-electron chi connectivity index (χ3n) is 5.45. The van der Waals surface area contributed by atoms with Crippen LogP contribution in [0.15, 0.2) is 48.5 Å². The monoisotopic (exact) mass is 411 g/mol. The summed E-state index contributed by atoms with van der Waals surface area (Å²) < 4.78 is 13.9. The fraction of sp³-hybridized carbons (Fsp3) is 0.417. The molecule has 1 aliphatic heterocycles. The molecule has 1 heterocycles. The van der Waals surface area contributed by atoms with Gasteiger partial charge in [-0.1, -0.05) is 48.0 Å². The molecule has 5 nitrogen and oxygen atoms in total. The number of carbonyl (C=O) groups is 2. The Morgan fingerprint density at radius 2 is 1.90 bits per heavy atom. The van der Waals surface area contributed by atoms with Crippen LogP contribution in [0.2, 0.25) is 0 Å². The predicted molar refractivity (Wildman–Crippen MR) is 116 cm³/mol. The van der Waals surface area contributed by atoms with Gasteiger partial charge in [-0.25, -0.2) is 9.18 Å². The summed E-state index contributed by atoms with van der Waals surface area (Å²) in [6.45, 7) is 6.92. The molecule has 3 rings (SSSR count). The molecule has 2 aromatic rings. The number of benzene rings is 2. The average molecular weight is 412 g/mol. The van der Waals surface area contributed by atoms with Gasteiger partial charge in [0.1, 0.15) is 5.82 Å². The molecule has 1 saturated heterocycles. The quantitative estimate of drug-likeness (QED) is 0.782. The van der Waals surface area contributed by atoms with Crippen molar-refractivity contribution in [3.8, 4) is 0 Å². The van der Waals surface area contributed by atoms with Crippen LogP contribution < -0.4 is 10.6 Å². The van der Waals surface area contributed by atoms with Crippen LogP contribution in [0.4, 0.5) is 9.18 Å². The van der Waals surface area contributed by atoms with Crippen molar-refractivity contribution in [3.63, 3.8) is 0 Å². The van der Waals surface area contributed by atoms with Gasteiger partial charge in [0, 0.05) is 37.2 Å². The Hall–Kier alpha value is -2.89. The fourth-order valence-corrected chi connectivity index (χ4v) is 3.93. The van der Waals surface area contributed by atoms with Gasteiger partial charge in [-0.3, -0.25) is 4.79 Å². The van der Waals surface area contributed by atoms with Gasteiger partial charge in [0.15, 0.2) is 0 Å². The molecule has 2 atom stereocenters. The summed E-state index contributed by atoms with van der Waals surface area (Å²) in [5.41, 5.74) is 2.73. The number of piperidine rings is 1. The number of amides is 3. The maximum absolute atomic E-state index is 13.9. The SMILES string of the molecule is Cc1cccc([C@H]2C[C@H](C(=O)NCc3ccccc3F)CN(C(=O)NC(C)C)C2)c1. The Kier molecular flexibility index (Phi) is 7.08. The molecule has 0 bridgehead atoms. The molecule has 0 saturated carbocycles. The second kappa shape index (κ2) is 9.74. The van der Waals surface area contributed by atoms with Crippen molar-refractivity contribution in [3.05, 3.63) is 71.0 Å². The first-order chi connectivity index (χ1) is 14.3. The zero-order valence-corrected chi connectivity index (χ0v) is 17.8. The molecule has 160 valence electrons. The van der Waals surface area contributed by atoms with Crippen LogP contribution in [0.1, 0.15) is 42.9 Å². The van der Waals surface area contributed by atoms with E-state index in [1.807, 2.05) is 32.9 Å². The van der Waals surface area contributed by atoms with Crippen LogP contribution in [0.5, 0.6) is 0 Å². The normalized spacial score (nSPS) is 18.9. The number of urea groups is 1. The first-order valence-electron chi connectivity index (χ1n) is 10.5. The molecule has 0 aliphatic carbocycles. The van der Waals surface area contributed by atoms with Crippen molar-refractivity contribution in [1.82, 2.24) is 15.5 Å². The molecule has 1 aliphatic rings. The number of aryl methyl sites for hydroxylation is 1. The molecular weight excluding hydrogens is 381 g/mol. The number of nitrogens with one attached hydrogen (secondary N) is 2. The maximum atomic E-state index is 13.9. The Balaban J connectivity index is 1.75. The van der Waals surface area contributed by atoms with Crippen LogP contribution >= 0.6 is 0 Å². The zero-order valence-electron chi connectivity index (χ0n) is 17.8. The van der Waals surface area contributed by atoms with E-state index in [2.05, 4.69) is 22.8 Å². The van der Waals surface area contributed by atoms with E-state index < -0.39 is 0 Å². The lowest BCUT2D eigenvalue weighted by Crippen LogP contribution is -2.52. The number of hydrogen-bond acceptors (Lipinski definition) is 2. The van der Waals surface area contributed by atoms with Gasteiger partial charge in [-0.05, 0) is 38.8 Å². The minimum atomic E-state index is -0.353. The van der Waals surface area contributed by atoms with Gasteiger partial charge in [0.25, 0.3) is 0 Å². The maximum Gasteiger partial charge on any atom is 0.317 e. The van der Waals surface area contributed by atoms with Crippen molar-refractivity contribution in [2.75, 3.05) is 13.1 Å². The van der Waals surface area contributed by atoms with E-state index in [1.54, 1.807) is 23.1 Å². The summed E-state index contributed by atoms with van der Waals surface area (Å²) in [7, 11) is 0. The van der Waals surface area contributed by atoms with Crippen LogP contribution in [0.3, 0.4) is 0 Å². The van der Waals surface area contributed by atoms with Gasteiger partial charge in [-0.15, -0.1) is 0 Å². The molecule has 30 heavy (non-hydrogen) atoms. The second-order valence-electron chi connectivity index (χ2n) is 8.36. The zero-order chi connectivity index (χ0) is 21.7. The largest absolute Gasteiger partial charge is 0.352 e. The smallest absolute Gasteiger partial charge is 0.317 e. The molecule has 2 aromatic carbocycles. The van der Waals surface area contributed by atoms with Gasteiger partial charge in [0.2, 0.25) is 5.91 Å². The number of hydrogen-bond donors (Lipinski definition) is 2. The highest BCUT2D eigenvalue weighted by Gasteiger charge is 2.34. The van der Waals surface area contributed by atoms with Gasteiger partial charge in [-0.2, -0.15) is 0 Å². The van der Waals surface area contributed by atoms with E-state index in [0.29, 0.717) is 25.1 Å². The molecule has 3 amide bonds. The lowest BCUT2D eigenvalue weighted by atomic mass is 9.83. The summed E-state index contributed by atoms with van der Waals surface area (Å²) in [6, 6.07) is 14.5. The van der Waals surface area contributed by atoms with Gasteiger partial charge in [0.05, 0.1) is 5.92 Å². The number of nitrogens with zero attached hydrogens (tertiary/aromatic N) is 1. The number of rotatable bonds is 5. The van der Waals surface area contributed by atoms with Crippen LogP contribution in [0.25, 0.3) is 0 Å². The lowest BCUT2D eigenvalue weighted by Gasteiger charge is -2.38. The molecule has 1 fully saturated rings. The Bertz CT molecular complexity index is 900. The van der Waals surface area contributed by atoms with Crippen LogP contribution in [-0.4, -0.2) is 36.0 Å². The molecule has 0 radical (unpaired) electrons. The average Bonchev–Trinajstić information content (AvgIpc) is 2.72. The minimum absolute atomic E-state index is 0.0187. The van der Waals surface area contributed by atoms with Gasteiger partial charge >= 0.3 is 6.03 Å². The van der Waals surface area contributed by atoms with Crippen molar-refractivity contribution < 1.29 is 14.0 Å². The minimum Gasteiger partial charge on any atom is -0.352 e. The molecule has 0 unspecified atom stereocenters. The van der Waals surface area contributed by atoms with E-state index >= 15 is 0 Å². The van der Waals surface area contributed by atoms with Gasteiger partial charge < -0.3 is 15.5 Å². The topological polar surface area (TPSA) is 61.4 Å². The second-order valence-corrected chi connectivity index (χ2v) is 8.36. The molecular formula is C24H30FN3O2. The summed E-state index contributed by atoms with van der Waals surface area (Å²) in [6.07, 6.45) is 0.651. The summed E-state index contributed by atoms with van der Waals surface area (Å²) in [4.78, 5) is 27.3. The predicted octanol–water partition coefficient (Wildman–Crippen LogP) is 3.97. The van der Waals surface area contributed by atoms with E-state index in [9.17, 15) is 14.0 Å². The van der Waals surface area contributed by atoms with Crippen molar-refractivity contribution in [1.29, 1.82) is 0 Å². The van der Waals surface area contributed by atoms with E-state index in [1.165, 1.54) is 6.07 Å². The highest BCUT2D eigenvalue weighted by atomic mass is 19.1. The first-order valence-corrected chi connectivity index (χ1v) is 10.5. The molecule has 0 aromatic heterocycles. The van der Waals surface area contributed by atoms with E-state index in [4.69, 9.17) is 0 Å². The number of carbonyl (C=O) groups excluding carboxylic acids is 2. The molecule has 6 heteroatoms. The van der Waals surface area contributed by atoms with E-state index in [-0.39, 0.29) is 42.2 Å². The summed E-state index contributed by atoms with van der Waals surface area (Å²) >= 11 is 0. The Morgan fingerprint density at radius 1 is 1.13 bits per heavy atom. The molecule has 0 spiro atoms. The molecule has 2 N–H and O–H groups in total. The third kappa shape index (κ3) is 5.59. The van der Waals surface area contributed by atoms with E-state index in [0.717, 1.165) is 11.1 Å². The van der Waals surface area contributed by atoms with Crippen molar-refractivity contribution >= 4 is 11.9 Å². The highest BCUT2D eigenvalue weighted by Crippen LogP contribution is 2.31. The third-order valence-corrected chi connectivity index (χ3v) is 5.45. The summed E-state index contributed by atoms with van der Waals surface area (Å²) in [5.74, 6) is -0.773. The highest BCUT2D eigenvalue weighted by molar-refractivity contribution is 5.81. The number of halogens is 1. The van der Waals surface area contributed by atoms with Crippen LogP contribution in [0, 0.1) is 18.7 Å². The number of likely N-dealkylation sites (tertiary alicyclic amines) is 1. The van der Waals surface area contributed by atoms with Crippen molar-refractivity contribution in [2.45, 2.75) is 45.7 Å². The Morgan fingerprint density at radius 3 is 2.60 bits per heavy atom. The van der Waals surface area contributed by atoms with Crippen molar-refractivity contribution in [2.24, 2.45) is 5.92 Å². The van der Waals surface area contributed by atoms with Crippen LogP contribution in [-0.2, 0) is 11.3 Å². The standard InChI is InChI=1S/C24H30FN3O2/c1-16(2)27-24(30)28-14-20(18-9-6-7-17(3)11-18)12-21(15-28)23(29)26-13-19-8-4-5-10-22(19)25/h4-11,16,20-21H,12-15H2,1-3H3,(H,26,29)(H,27,30)/t20-,21-/m0/s1. The lowest BCUT2D eigenvalue weighted by molar-refractivity contribution is -0.126. The first kappa shape index (κ1) is 21.8. The summed E-state index contributed by atoms with van der Waals surface area (Å²) in [5, 5.41) is 5.78. The fourth-order valence-electron chi connectivity index (χ4n) is 3.93.